The molecule has 0 unspecified atom stereocenters. The number of aromatic nitrogens is 1. The van der Waals surface area contributed by atoms with Crippen molar-refractivity contribution in [3.8, 4) is 11.8 Å². The van der Waals surface area contributed by atoms with E-state index in [-0.39, 0.29) is 5.91 Å². The molecular weight excluding hydrogens is 286 g/mol. The quantitative estimate of drug-likeness (QED) is 0.854. The minimum absolute atomic E-state index is 0.103. The normalized spacial score (nSPS) is 9.86. The van der Waals surface area contributed by atoms with Gasteiger partial charge in [-0.05, 0) is 23.8 Å². The summed E-state index contributed by atoms with van der Waals surface area (Å²) in [6.45, 7) is 0.859. The number of nitrogens with zero attached hydrogens (tertiary/aromatic N) is 1. The lowest BCUT2D eigenvalue weighted by atomic mass is 10.1. The van der Waals surface area contributed by atoms with Gasteiger partial charge in [0.1, 0.15) is 5.69 Å². The van der Waals surface area contributed by atoms with Gasteiger partial charge in [0.05, 0.1) is 11.6 Å². The Kier molecular flexibility index (Phi) is 5.04. The molecule has 21 heavy (non-hydrogen) atoms. The summed E-state index contributed by atoms with van der Waals surface area (Å²) in [4.78, 5) is 16.6. The third kappa shape index (κ3) is 4.12. The van der Waals surface area contributed by atoms with Crippen LogP contribution in [0.25, 0.3) is 0 Å². The van der Waals surface area contributed by atoms with Crippen molar-refractivity contribution in [3.63, 3.8) is 0 Å². The second kappa shape index (κ2) is 6.98. The number of amides is 1. The molecule has 1 amide bonds. The predicted molar refractivity (Wildman–Crippen MR) is 84.0 cm³/mol. The molecule has 0 atom stereocenters. The number of hydrogen-bond acceptors (Lipinski definition) is 2. The van der Waals surface area contributed by atoms with Crippen LogP contribution in [-0.2, 0) is 6.54 Å². The molecular formula is C16H16ClN3O. The lowest BCUT2D eigenvalue weighted by Gasteiger charge is -2.16. The van der Waals surface area contributed by atoms with Gasteiger partial charge < -0.3 is 15.6 Å². The molecule has 0 saturated carbocycles. The summed E-state index contributed by atoms with van der Waals surface area (Å²) < 4.78 is 0. The van der Waals surface area contributed by atoms with Crippen molar-refractivity contribution in [2.75, 3.05) is 13.6 Å². The Morgan fingerprint density at radius 1 is 1.38 bits per heavy atom. The molecule has 3 N–H and O–H groups in total. The Labute approximate surface area is 128 Å². The van der Waals surface area contributed by atoms with E-state index in [4.69, 9.17) is 17.3 Å². The molecule has 0 saturated heterocycles. The van der Waals surface area contributed by atoms with Gasteiger partial charge in [0.2, 0.25) is 0 Å². The molecule has 108 valence electrons. The molecule has 0 bridgehead atoms. The smallest absolute Gasteiger partial charge is 0.270 e. The number of nitrogens with one attached hydrogen (secondary N) is 1. The lowest BCUT2D eigenvalue weighted by molar-refractivity contribution is 0.0780. The van der Waals surface area contributed by atoms with E-state index in [2.05, 4.69) is 16.8 Å². The molecule has 2 rings (SSSR count). The molecule has 1 heterocycles. The van der Waals surface area contributed by atoms with Gasteiger partial charge in [-0.3, -0.25) is 4.79 Å². The highest BCUT2D eigenvalue weighted by atomic mass is 35.5. The van der Waals surface area contributed by atoms with Gasteiger partial charge in [-0.1, -0.05) is 35.6 Å². The molecule has 0 aliphatic heterocycles. The maximum Gasteiger partial charge on any atom is 0.270 e. The summed E-state index contributed by atoms with van der Waals surface area (Å²) in [6, 6.07) is 9.35. The number of nitrogens with two attached hydrogens (primary N) is 1. The van der Waals surface area contributed by atoms with Crippen molar-refractivity contribution in [3.05, 3.63) is 58.4 Å². The third-order valence-corrected chi connectivity index (χ3v) is 3.15. The number of halogens is 1. The second-order valence-corrected chi connectivity index (χ2v) is 5.03. The molecule has 0 aliphatic rings. The Morgan fingerprint density at radius 2 is 2.10 bits per heavy atom. The fourth-order valence-electron chi connectivity index (χ4n) is 1.89. The van der Waals surface area contributed by atoms with Crippen LogP contribution in [-0.4, -0.2) is 29.4 Å². The largest absolute Gasteiger partial charge is 0.356 e. The molecule has 4 nitrogen and oxygen atoms in total. The van der Waals surface area contributed by atoms with E-state index in [0.29, 0.717) is 23.8 Å². The highest BCUT2D eigenvalue weighted by molar-refractivity contribution is 6.30. The van der Waals surface area contributed by atoms with Gasteiger partial charge in [-0.25, -0.2) is 0 Å². The molecule has 1 aromatic heterocycles. The first-order valence-electron chi connectivity index (χ1n) is 6.47. The van der Waals surface area contributed by atoms with Crippen LogP contribution in [0, 0.1) is 11.8 Å². The second-order valence-electron chi connectivity index (χ2n) is 4.60. The number of hydrogen-bond donors (Lipinski definition) is 2. The zero-order valence-electron chi connectivity index (χ0n) is 11.7. The van der Waals surface area contributed by atoms with E-state index in [0.717, 1.165) is 11.1 Å². The lowest BCUT2D eigenvalue weighted by Crippen LogP contribution is -2.26. The first-order chi connectivity index (χ1) is 10.1. The van der Waals surface area contributed by atoms with E-state index >= 15 is 0 Å². The third-order valence-electron chi connectivity index (χ3n) is 2.93. The van der Waals surface area contributed by atoms with Crippen LogP contribution in [0.2, 0.25) is 5.02 Å². The fraction of sp³-hybridized carbons (Fsp3) is 0.188. The summed E-state index contributed by atoms with van der Waals surface area (Å²) in [5.74, 6) is 5.66. The van der Waals surface area contributed by atoms with Crippen molar-refractivity contribution in [2.24, 2.45) is 5.73 Å². The number of carbonyl (C=O) groups is 1. The molecule has 5 heteroatoms. The minimum Gasteiger partial charge on any atom is -0.356 e. The predicted octanol–water partition coefficient (Wildman–Crippen LogP) is 2.25. The Hall–Kier alpha value is -2.22. The fourth-order valence-corrected chi connectivity index (χ4v) is 2.05. The first-order valence-corrected chi connectivity index (χ1v) is 6.85. The molecule has 1 aromatic carbocycles. The van der Waals surface area contributed by atoms with E-state index in [1.165, 1.54) is 0 Å². The molecule has 2 aromatic rings. The van der Waals surface area contributed by atoms with E-state index < -0.39 is 0 Å². The number of rotatable bonds is 3. The zero-order chi connectivity index (χ0) is 15.2. The summed E-state index contributed by atoms with van der Waals surface area (Å²) >= 11 is 5.80. The van der Waals surface area contributed by atoms with Gasteiger partial charge >= 0.3 is 0 Å². The summed E-state index contributed by atoms with van der Waals surface area (Å²) in [5.41, 5.74) is 7.75. The maximum absolute atomic E-state index is 12.2. The monoisotopic (exact) mass is 301 g/mol. The summed E-state index contributed by atoms with van der Waals surface area (Å²) in [5, 5.41) is 0.523. The Morgan fingerprint density at radius 3 is 2.67 bits per heavy atom. The summed E-state index contributed by atoms with van der Waals surface area (Å²) in [7, 11) is 1.75. The van der Waals surface area contributed by atoms with Crippen LogP contribution in [0.15, 0.2) is 36.5 Å². The molecule has 0 fully saturated rings. The number of H-pyrrole nitrogens is 1. The van der Waals surface area contributed by atoms with Gasteiger partial charge in [-0.15, -0.1) is 0 Å². The van der Waals surface area contributed by atoms with Crippen LogP contribution < -0.4 is 5.73 Å². The highest BCUT2D eigenvalue weighted by Crippen LogP contribution is 2.13. The van der Waals surface area contributed by atoms with Crippen LogP contribution in [0.5, 0.6) is 0 Å². The molecule has 0 spiro atoms. The van der Waals surface area contributed by atoms with Crippen molar-refractivity contribution in [1.29, 1.82) is 0 Å². The first kappa shape index (κ1) is 15.2. The van der Waals surface area contributed by atoms with E-state index in [9.17, 15) is 4.79 Å². The van der Waals surface area contributed by atoms with Gasteiger partial charge in [0.25, 0.3) is 5.91 Å². The highest BCUT2D eigenvalue weighted by Gasteiger charge is 2.13. The standard InChI is InChI=1S/C16H16ClN3O/c1-20(16(21)15-9-14(17)10-19-15)11-13-6-4-12(5-7-13)3-2-8-18/h4-7,9-10,19H,8,11,18H2,1H3. The molecule has 0 aliphatic carbocycles. The van der Waals surface area contributed by atoms with Crippen LogP contribution in [0.3, 0.4) is 0 Å². The minimum atomic E-state index is -0.103. The zero-order valence-corrected chi connectivity index (χ0v) is 12.4. The molecule has 0 radical (unpaired) electrons. The SMILES string of the molecule is CN(Cc1ccc(C#CCN)cc1)C(=O)c1cc(Cl)c[nH]1. The van der Waals surface area contributed by atoms with Gasteiger partial charge in [0.15, 0.2) is 0 Å². The number of carbonyl (C=O) groups excluding carboxylic acids is 1. The van der Waals surface area contributed by atoms with Crippen LogP contribution in [0.4, 0.5) is 0 Å². The summed E-state index contributed by atoms with van der Waals surface area (Å²) in [6.07, 6.45) is 1.59. The Balaban J connectivity index is 2.02. The van der Waals surface area contributed by atoms with Crippen molar-refractivity contribution in [2.45, 2.75) is 6.54 Å². The van der Waals surface area contributed by atoms with E-state index in [1.807, 2.05) is 24.3 Å². The van der Waals surface area contributed by atoms with Crippen LogP contribution in [0.1, 0.15) is 21.6 Å². The maximum atomic E-state index is 12.2. The van der Waals surface area contributed by atoms with Gasteiger partial charge in [-0.2, -0.15) is 0 Å². The topological polar surface area (TPSA) is 62.1 Å². The van der Waals surface area contributed by atoms with Crippen molar-refractivity contribution >= 4 is 17.5 Å². The number of aromatic amines is 1. The number of benzene rings is 1. The van der Waals surface area contributed by atoms with Crippen molar-refractivity contribution in [1.82, 2.24) is 9.88 Å². The average Bonchev–Trinajstić information content (AvgIpc) is 2.92. The Bertz CT molecular complexity index is 680. The van der Waals surface area contributed by atoms with Crippen molar-refractivity contribution < 1.29 is 4.79 Å². The van der Waals surface area contributed by atoms with E-state index in [1.54, 1.807) is 24.2 Å². The van der Waals surface area contributed by atoms with Gasteiger partial charge in [0, 0.05) is 25.4 Å². The average molecular weight is 302 g/mol. The van der Waals surface area contributed by atoms with Crippen LogP contribution >= 0.6 is 11.6 Å².